The van der Waals surface area contributed by atoms with Crippen LogP contribution in [0.25, 0.3) is 11.3 Å². The third-order valence-corrected chi connectivity index (χ3v) is 32.2. The van der Waals surface area contributed by atoms with Gasteiger partial charge >= 0.3 is 0 Å². The molecule has 6 aliphatic heterocycles. The van der Waals surface area contributed by atoms with Gasteiger partial charge in [-0.2, -0.15) is 0 Å². The second-order valence-corrected chi connectivity index (χ2v) is 41.1. The van der Waals surface area contributed by atoms with E-state index in [1.165, 1.54) is 4.52 Å². The summed E-state index contributed by atoms with van der Waals surface area (Å²) in [5.41, 5.74) is 13.6. The summed E-state index contributed by atoms with van der Waals surface area (Å²) >= 11 is 0. The van der Waals surface area contributed by atoms with Gasteiger partial charge in [-0.3, -0.25) is 37.8 Å². The summed E-state index contributed by atoms with van der Waals surface area (Å²) in [6, 6.07) is 95.1. The normalized spacial score (nSPS) is 24.4. The van der Waals surface area contributed by atoms with Crippen molar-refractivity contribution in [3.8, 4) is 23.0 Å². The topological polar surface area (TPSA) is 281 Å². The van der Waals surface area contributed by atoms with Crippen molar-refractivity contribution in [3.63, 3.8) is 0 Å². The fraction of sp³-hybridized carbons (Fsp3) is 0.236. The van der Waals surface area contributed by atoms with Crippen LogP contribution in [0.4, 0.5) is 0 Å². The molecule has 22 heteroatoms. The zero-order valence-electron chi connectivity index (χ0n) is 82.3. The van der Waals surface area contributed by atoms with Crippen molar-refractivity contribution in [3.05, 3.63) is 535 Å². The number of fused-ring (bicyclic) bond motifs is 24. The van der Waals surface area contributed by atoms with Gasteiger partial charge in [-0.25, -0.2) is 24.5 Å². The number of nitrogens with one attached hydrogen (secondary N) is 1. The molecule has 145 heavy (non-hydrogen) atoms. The number of nitrogens with zero attached hydrogens (tertiary/aromatic N) is 8. The zero-order valence-corrected chi connectivity index (χ0v) is 82.3. The maximum absolute atomic E-state index is 14.2. The summed E-state index contributed by atoms with van der Waals surface area (Å²) in [7, 11) is 0. The average Bonchev–Trinajstić information content (AvgIpc) is 1.50. The molecule has 4 aliphatic carbocycles. The van der Waals surface area contributed by atoms with E-state index in [1.54, 1.807) is 38.1 Å². The summed E-state index contributed by atoms with van der Waals surface area (Å²) in [5, 5.41) is 55.5. The van der Waals surface area contributed by atoms with Gasteiger partial charge in [0.05, 0.1) is 68.7 Å². The van der Waals surface area contributed by atoms with E-state index >= 15 is 0 Å². The van der Waals surface area contributed by atoms with Gasteiger partial charge in [-0.1, -0.05) is 271 Å². The Labute approximate surface area is 835 Å². The van der Waals surface area contributed by atoms with Crippen LogP contribution >= 0.6 is 0 Å². The second kappa shape index (κ2) is 32.3. The summed E-state index contributed by atoms with van der Waals surface area (Å²) in [4.78, 5) is 76.4. The molecular formula is C123H105N9O13. The van der Waals surface area contributed by atoms with E-state index in [4.69, 9.17) is 43.6 Å². The Balaban J connectivity index is 0.000000101. The number of aryl methyl sites for hydroxylation is 13. The van der Waals surface area contributed by atoms with Crippen molar-refractivity contribution in [2.24, 2.45) is 0 Å². The van der Waals surface area contributed by atoms with Gasteiger partial charge < -0.3 is 44.1 Å². The Morgan fingerprint density at radius 1 is 0.317 bits per heavy atom. The van der Waals surface area contributed by atoms with Crippen LogP contribution in [0.15, 0.2) is 323 Å². The number of H-pyrrole nitrogens is 1. The molecule has 10 aliphatic rings. The zero-order chi connectivity index (χ0) is 100.0. The fourth-order valence-electron chi connectivity index (χ4n) is 26.6. The van der Waals surface area contributed by atoms with Crippen molar-refractivity contribution >= 4 is 11.3 Å². The predicted octanol–water partition coefficient (Wildman–Crippen LogP) is 19.0. The first-order valence-electron chi connectivity index (χ1n) is 49.5. The van der Waals surface area contributed by atoms with Crippen LogP contribution in [-0.4, -0.2) is 63.5 Å². The van der Waals surface area contributed by atoms with E-state index in [1.807, 2.05) is 350 Å². The van der Waals surface area contributed by atoms with Crippen molar-refractivity contribution in [2.75, 3.05) is 0 Å². The lowest BCUT2D eigenvalue weighted by molar-refractivity contribution is -0.0907. The van der Waals surface area contributed by atoms with Gasteiger partial charge in [-0.05, 0) is 193 Å². The number of aromatic amines is 1. The van der Waals surface area contributed by atoms with Gasteiger partial charge in [0.1, 0.15) is 53.6 Å². The molecule has 12 aromatic carbocycles. The van der Waals surface area contributed by atoms with Crippen LogP contribution in [-0.2, 0) is 75.8 Å². The summed E-state index contributed by atoms with van der Waals surface area (Å²) in [6.45, 7) is 25.2. The quantitative estimate of drug-likeness (QED) is 0.0945. The van der Waals surface area contributed by atoms with E-state index in [0.29, 0.717) is 114 Å². The molecule has 6 aromatic heterocycles. The minimum absolute atomic E-state index is 0.0643. The molecule has 12 heterocycles. The first-order chi connectivity index (χ1) is 69.9. The Morgan fingerprint density at radius 2 is 0.628 bits per heavy atom. The molecular weight excluding hydrogens is 1810 g/mol. The highest BCUT2D eigenvalue weighted by molar-refractivity contribution is 5.73. The lowest BCUT2D eigenvalue weighted by Crippen LogP contribution is -2.49. The number of aliphatic hydroxyl groups is 4. The summed E-state index contributed by atoms with van der Waals surface area (Å²) in [5.74, 6) is 1.48. The highest BCUT2D eigenvalue weighted by Gasteiger charge is 2.78. The maximum atomic E-state index is 14.2. The van der Waals surface area contributed by atoms with Crippen molar-refractivity contribution in [1.82, 2.24) is 43.1 Å². The van der Waals surface area contributed by atoms with E-state index in [2.05, 4.69) is 17.2 Å². The molecule has 18 aromatic rings. The molecule has 0 bridgehead atoms. The molecule has 12 atom stereocenters. The largest absolute Gasteiger partial charge is 0.477 e. The lowest BCUT2D eigenvalue weighted by Gasteiger charge is -2.40. The molecule has 720 valence electrons. The number of ether oxygens (including phenoxy) is 5. The van der Waals surface area contributed by atoms with E-state index in [0.717, 1.165) is 130 Å². The van der Waals surface area contributed by atoms with Gasteiger partial charge in [0.15, 0.2) is 50.5 Å². The Kier molecular flexibility index (Phi) is 20.2. The van der Waals surface area contributed by atoms with Crippen LogP contribution in [0, 0.1) is 83.1 Å². The van der Waals surface area contributed by atoms with Gasteiger partial charge in [0, 0.05) is 75.9 Å². The minimum atomic E-state index is -1.69. The second-order valence-electron chi connectivity index (χ2n) is 41.1. The number of aromatic nitrogens is 9. The molecule has 0 spiro atoms. The number of hydrogen-bond acceptors (Lipinski definition) is 17. The molecule has 0 saturated carbocycles. The molecule has 5 N–H and O–H groups in total. The lowest BCUT2D eigenvalue weighted by atomic mass is 9.69. The average molecular weight is 1920 g/mol. The Morgan fingerprint density at radius 3 is 0.986 bits per heavy atom. The van der Waals surface area contributed by atoms with Crippen LogP contribution in [0.1, 0.15) is 220 Å². The Bertz CT molecular complexity index is 8510. The number of rotatable bonds is 8. The maximum Gasteiger partial charge on any atom is 0.277 e. The molecule has 0 radical (unpaired) electrons. The summed E-state index contributed by atoms with van der Waals surface area (Å²) in [6.07, 6.45) is 5.02. The third kappa shape index (κ3) is 12.2. The monoisotopic (exact) mass is 1920 g/mol. The molecule has 0 saturated heterocycles. The molecule has 0 amide bonds. The fourth-order valence-corrected chi connectivity index (χ4v) is 26.6. The molecule has 22 nitrogen and oxygen atoms in total. The molecule has 0 fully saturated rings. The standard InChI is InChI=1S/C32H26N2O3.C31H28N2O3.C30H25N3O3.C30H26N2O4/c1-19-12-14-23(15-13-19)32-28(22-9-5-4-6-10-22)26-29(33-25-11-7-8-16-34(25)30(26)35)31(32,36)27-21(3)17-20(2)18-24(27)37-32;1-18-11-13-22(14-12-18)31-27(21-8-5-4-6-9-21)25-28(32-24-10-7-15-33(24)29(25)34)30(31,35)26-20(3)16-19(2)17-23(26)36-31;1-17-9-11-21(12-10-17)30-26(20-7-5-4-6-8-20)24-27(32-23-13-14-31-33(23)28(24)34)29(30,35)25-19(3)15-18(2)16-22(25)36-30;1-17-9-11-21(12-10-17)30-26(20-7-5-4-6-8-20)24-27(31-23-15-35-16-32(23)28(24)33)29(30,34)25-19(3)13-18(2)14-22(25)36-30/h4-18,28,36H,1-3H3;4-6,8-9,11-14,16-17,27,35H,7,10,15H2,1-3H3;4-16,26,31,35H,1-3H3;4-14,26,34H,15-16H2,1-3H3/t28-,31+,32+;27-,30+,31+;2*26-,29+,30+/m1011/s1. The first kappa shape index (κ1) is 90.5. The van der Waals surface area contributed by atoms with Crippen LogP contribution in [0.5, 0.6) is 23.0 Å². The predicted molar refractivity (Wildman–Crippen MR) is 550 cm³/mol. The smallest absolute Gasteiger partial charge is 0.277 e. The van der Waals surface area contributed by atoms with E-state index in [-0.39, 0.29) is 35.6 Å². The van der Waals surface area contributed by atoms with Gasteiger partial charge in [-0.15, -0.1) is 0 Å². The van der Waals surface area contributed by atoms with Crippen molar-refractivity contribution in [1.29, 1.82) is 0 Å². The number of pyridine rings is 1. The molecule has 0 unspecified atom stereocenters. The van der Waals surface area contributed by atoms with Crippen molar-refractivity contribution in [2.45, 2.75) is 184 Å². The van der Waals surface area contributed by atoms with Gasteiger partial charge in [0.2, 0.25) is 0 Å². The Hall–Kier alpha value is -15.8. The van der Waals surface area contributed by atoms with Gasteiger partial charge in [0.25, 0.3) is 22.2 Å². The number of benzene rings is 12. The SMILES string of the molecule is Cc1ccc([C@@]23Oc4cc(C)cc(C)c4[C@]2(O)c2nc4cc[nH]n4c(=O)c2[C@H]3c2ccccc2)cc1.Cc1ccc([C@@]23Oc4cc(C)cc(C)c4[C@]2(O)c2nc4ccccn4c(=O)c2[C@H]3c2ccccc2)cc1.Cc1ccc([C@@]23Oc4cc(C)cc(C)c4[C@]2(O)c2nc4n(c(=O)c2[C@H]3c2ccccc2)COC4)cc1.Cc1ccc([C@]23Oc4cc(C)cc(C)c4[C@@]2(O)c2nc4n(c(=O)c2[C@@H]3c2ccccc2)CCC4)cc1. The molecule has 28 rings (SSSR count). The number of hydrogen-bond donors (Lipinski definition) is 5. The highest BCUT2D eigenvalue weighted by atomic mass is 16.5. The van der Waals surface area contributed by atoms with Crippen molar-refractivity contribution < 1.29 is 44.1 Å². The summed E-state index contributed by atoms with van der Waals surface area (Å²) < 4.78 is 39.9. The van der Waals surface area contributed by atoms with E-state index < -0.39 is 68.5 Å². The highest BCUT2D eigenvalue weighted by Crippen LogP contribution is 2.74. The van der Waals surface area contributed by atoms with Crippen LogP contribution < -0.4 is 41.2 Å². The van der Waals surface area contributed by atoms with Crippen LogP contribution in [0.2, 0.25) is 0 Å². The van der Waals surface area contributed by atoms with E-state index in [9.17, 15) is 39.6 Å². The first-order valence-corrected chi connectivity index (χ1v) is 49.5. The van der Waals surface area contributed by atoms with Crippen LogP contribution in [0.3, 0.4) is 0 Å². The third-order valence-electron chi connectivity index (χ3n) is 32.2. The minimum Gasteiger partial charge on any atom is -0.477 e.